The molecule has 1 fully saturated rings. The van der Waals surface area contributed by atoms with Gasteiger partial charge in [0.25, 0.3) is 0 Å². The van der Waals surface area contributed by atoms with Crippen molar-refractivity contribution >= 4 is 27.5 Å². The lowest BCUT2D eigenvalue weighted by molar-refractivity contribution is -0.142. The van der Waals surface area contributed by atoms with E-state index < -0.39 is 0 Å². The molecule has 1 saturated heterocycles. The van der Waals surface area contributed by atoms with Crippen LogP contribution in [0.3, 0.4) is 0 Å². The minimum atomic E-state index is -0.299. The van der Waals surface area contributed by atoms with Gasteiger partial charge in [-0.3, -0.25) is 0 Å². The lowest BCUT2D eigenvalue weighted by Gasteiger charge is -2.36. The molecule has 238 valence electrons. The van der Waals surface area contributed by atoms with Gasteiger partial charge in [-0.25, -0.2) is 0 Å². The highest BCUT2D eigenvalue weighted by atomic mass is 79.9. The molecule has 8 heteroatoms. The van der Waals surface area contributed by atoms with Crippen molar-refractivity contribution in [3.8, 4) is 11.5 Å². The van der Waals surface area contributed by atoms with Crippen LogP contribution >= 0.6 is 27.5 Å². The van der Waals surface area contributed by atoms with E-state index in [0.717, 1.165) is 40.0 Å². The summed E-state index contributed by atoms with van der Waals surface area (Å²) in [6.45, 7) is 4.04. The summed E-state index contributed by atoms with van der Waals surface area (Å²) in [7, 11) is 0. The number of aliphatic hydroxyl groups excluding tert-OH is 1. The third-order valence-corrected chi connectivity index (χ3v) is 8.91. The van der Waals surface area contributed by atoms with Gasteiger partial charge in [-0.05, 0) is 75.3 Å². The molecule has 5 rings (SSSR count). The normalized spacial score (nSPS) is 18.1. The number of aliphatic hydroxyl groups is 1. The average Bonchev–Trinajstić information content (AvgIpc) is 3.07. The molecule has 0 radical (unpaired) electrons. The molecule has 0 saturated carbocycles. The van der Waals surface area contributed by atoms with E-state index in [1.807, 2.05) is 67.6 Å². The largest absolute Gasteiger partial charge is 0.494 e. The Hall–Kier alpha value is -2.91. The Morgan fingerprint density at radius 1 is 0.867 bits per heavy atom. The number of benzene rings is 4. The molecule has 0 bridgehead atoms. The molecule has 0 spiro atoms. The first-order valence-corrected chi connectivity index (χ1v) is 16.6. The molecule has 4 aromatic carbocycles. The van der Waals surface area contributed by atoms with Gasteiger partial charge in [0.2, 0.25) is 0 Å². The maximum atomic E-state index is 9.54. The van der Waals surface area contributed by atoms with Gasteiger partial charge in [-0.15, -0.1) is 0 Å². The second-order valence-corrected chi connectivity index (χ2v) is 12.2. The van der Waals surface area contributed by atoms with Crippen molar-refractivity contribution in [2.45, 2.75) is 57.7 Å². The molecule has 1 aliphatic rings. The summed E-state index contributed by atoms with van der Waals surface area (Å²) in [5.41, 5.74) is 5.16. The predicted octanol–water partition coefficient (Wildman–Crippen LogP) is 8.49. The zero-order chi connectivity index (χ0) is 31.4. The van der Waals surface area contributed by atoms with Crippen LogP contribution in [0.2, 0.25) is 5.02 Å². The van der Waals surface area contributed by atoms with E-state index in [2.05, 4.69) is 46.3 Å². The summed E-state index contributed by atoms with van der Waals surface area (Å²) in [4.78, 5) is 0. The molecular weight excluding hydrogens is 656 g/mol. The summed E-state index contributed by atoms with van der Waals surface area (Å²) in [6.07, 6.45) is 1.44. The van der Waals surface area contributed by atoms with Gasteiger partial charge in [0.15, 0.2) is 5.75 Å². The average molecular weight is 696 g/mol. The van der Waals surface area contributed by atoms with E-state index in [1.54, 1.807) is 0 Å². The minimum Gasteiger partial charge on any atom is -0.494 e. The topological polar surface area (TPSA) is 66.4 Å². The second kappa shape index (κ2) is 17.1. The third kappa shape index (κ3) is 9.55. The fourth-order valence-corrected chi connectivity index (χ4v) is 6.57. The lowest BCUT2D eigenvalue weighted by atomic mass is 9.93. The van der Waals surface area contributed by atoms with Crippen LogP contribution in [-0.2, 0) is 33.8 Å². The van der Waals surface area contributed by atoms with Crippen LogP contribution in [0.4, 0.5) is 0 Å². The molecule has 45 heavy (non-hydrogen) atoms. The number of hydrogen-bond donors (Lipinski definition) is 1. The van der Waals surface area contributed by atoms with Crippen molar-refractivity contribution in [1.82, 2.24) is 0 Å². The number of ether oxygens (including phenoxy) is 5. The smallest absolute Gasteiger partial charge is 0.152 e. The molecule has 1 aliphatic heterocycles. The van der Waals surface area contributed by atoms with Crippen LogP contribution in [0.5, 0.6) is 11.5 Å². The van der Waals surface area contributed by atoms with E-state index in [1.165, 1.54) is 0 Å². The first-order chi connectivity index (χ1) is 22.0. The van der Waals surface area contributed by atoms with Crippen molar-refractivity contribution in [3.63, 3.8) is 0 Å². The molecule has 6 nitrogen and oxygen atoms in total. The monoisotopic (exact) mass is 694 g/mol. The van der Waals surface area contributed by atoms with Crippen LogP contribution < -0.4 is 9.47 Å². The zero-order valence-corrected chi connectivity index (χ0v) is 27.8. The fraction of sp³-hybridized carbons (Fsp3) is 0.351. The fourth-order valence-electron chi connectivity index (χ4n) is 5.50. The van der Waals surface area contributed by atoms with Gasteiger partial charge in [0.1, 0.15) is 12.4 Å². The highest BCUT2D eigenvalue weighted by molar-refractivity contribution is 9.10. The van der Waals surface area contributed by atoms with Crippen molar-refractivity contribution in [2.75, 3.05) is 26.4 Å². The third-order valence-electron chi connectivity index (χ3n) is 7.68. The summed E-state index contributed by atoms with van der Waals surface area (Å²) in [5.74, 6) is 1.32. The Kier molecular flexibility index (Phi) is 12.7. The molecule has 0 aliphatic carbocycles. The van der Waals surface area contributed by atoms with Gasteiger partial charge in [0.05, 0.1) is 60.8 Å². The Bertz CT molecular complexity index is 1470. The van der Waals surface area contributed by atoms with Gasteiger partial charge in [-0.2, -0.15) is 0 Å². The van der Waals surface area contributed by atoms with Crippen molar-refractivity contribution in [1.29, 1.82) is 0 Å². The predicted molar refractivity (Wildman–Crippen MR) is 180 cm³/mol. The van der Waals surface area contributed by atoms with Gasteiger partial charge < -0.3 is 28.8 Å². The zero-order valence-electron chi connectivity index (χ0n) is 25.5. The summed E-state index contributed by atoms with van der Waals surface area (Å²) < 4.78 is 31.7. The lowest BCUT2D eigenvalue weighted by Crippen LogP contribution is -2.36. The van der Waals surface area contributed by atoms with E-state index in [-0.39, 0.29) is 31.5 Å². The first kappa shape index (κ1) is 33.5. The van der Waals surface area contributed by atoms with Crippen LogP contribution in [0.25, 0.3) is 0 Å². The summed E-state index contributed by atoms with van der Waals surface area (Å²) >= 11 is 10.7. The first-order valence-electron chi connectivity index (χ1n) is 15.4. The SMILES string of the molecule is CCOc1ccc(Cc2cc(C3CC(OCc4ccccc4)CC(COCc4ccccc4)O3)c(Br)c(OCCO)c2Cl)cc1. The van der Waals surface area contributed by atoms with Crippen LogP contribution in [0.1, 0.15) is 53.7 Å². The van der Waals surface area contributed by atoms with Crippen LogP contribution in [-0.4, -0.2) is 43.7 Å². The highest BCUT2D eigenvalue weighted by Gasteiger charge is 2.34. The molecule has 0 amide bonds. The molecule has 3 atom stereocenters. The maximum Gasteiger partial charge on any atom is 0.152 e. The highest BCUT2D eigenvalue weighted by Crippen LogP contribution is 2.45. The Labute approximate surface area is 279 Å². The standard InChI is InChI=1S/C37H40BrClO6/c1-2-42-30-15-13-26(14-16-30)19-29-20-33(35(38)37(36(29)39)43-18-17-40)34-22-31(44-24-28-11-7-4-8-12-28)21-32(45-34)25-41-23-27-9-5-3-6-10-27/h3-16,20,31-32,34,40H,2,17-19,21-25H2,1H3. The molecule has 1 N–H and O–H groups in total. The number of rotatable bonds is 15. The molecule has 3 unspecified atom stereocenters. The summed E-state index contributed by atoms with van der Waals surface area (Å²) in [5, 5.41) is 10.0. The van der Waals surface area contributed by atoms with Gasteiger partial charge in [-0.1, -0.05) is 84.4 Å². The molecule has 4 aromatic rings. The van der Waals surface area contributed by atoms with E-state index in [9.17, 15) is 5.11 Å². The van der Waals surface area contributed by atoms with E-state index in [0.29, 0.717) is 54.5 Å². The quantitative estimate of drug-likeness (QED) is 0.135. The van der Waals surface area contributed by atoms with E-state index >= 15 is 0 Å². The molecule has 1 heterocycles. The van der Waals surface area contributed by atoms with Crippen molar-refractivity contribution in [2.24, 2.45) is 0 Å². The van der Waals surface area contributed by atoms with Gasteiger partial charge >= 0.3 is 0 Å². The van der Waals surface area contributed by atoms with Crippen molar-refractivity contribution < 1.29 is 28.8 Å². The van der Waals surface area contributed by atoms with Crippen molar-refractivity contribution in [3.05, 3.63) is 128 Å². The van der Waals surface area contributed by atoms with Gasteiger partial charge in [0, 0.05) is 12.8 Å². The maximum absolute atomic E-state index is 9.54. The molecule has 0 aromatic heterocycles. The molecular formula is C37H40BrClO6. The van der Waals surface area contributed by atoms with E-state index in [4.69, 9.17) is 35.3 Å². The number of halogens is 2. The Morgan fingerprint density at radius 3 is 2.22 bits per heavy atom. The van der Waals surface area contributed by atoms with Crippen LogP contribution in [0, 0.1) is 0 Å². The minimum absolute atomic E-state index is 0.0479. The summed E-state index contributed by atoms with van der Waals surface area (Å²) in [6, 6.07) is 30.5. The Morgan fingerprint density at radius 2 is 1.56 bits per heavy atom. The number of hydrogen-bond acceptors (Lipinski definition) is 6. The van der Waals surface area contributed by atoms with Crippen LogP contribution in [0.15, 0.2) is 95.5 Å². The second-order valence-electron chi connectivity index (χ2n) is 11.0. The Balaban J connectivity index is 1.40.